The van der Waals surface area contributed by atoms with Gasteiger partial charge in [-0.3, -0.25) is 8.37 Å². The summed E-state index contributed by atoms with van der Waals surface area (Å²) < 4.78 is 24.2. The van der Waals surface area contributed by atoms with Crippen LogP contribution in [0, 0.1) is 0 Å². The molecule has 3 nitrogen and oxygen atoms in total. The molecule has 0 unspecified atom stereocenters. The summed E-state index contributed by atoms with van der Waals surface area (Å²) in [5.41, 5.74) is 0. The molecule has 0 aliphatic carbocycles. The second-order valence-corrected chi connectivity index (χ2v) is 6.99. The summed E-state index contributed by atoms with van der Waals surface area (Å²) in [5.74, 6) is 0. The quantitative estimate of drug-likeness (QED) is 0.851. The van der Waals surface area contributed by atoms with Gasteiger partial charge in [-0.1, -0.05) is 36.4 Å². The van der Waals surface area contributed by atoms with E-state index < -0.39 is 9.63 Å². The zero-order valence-electron chi connectivity index (χ0n) is 10.4. The van der Waals surface area contributed by atoms with Crippen LogP contribution >= 0.6 is 0 Å². The molecule has 0 radical (unpaired) electrons. The van der Waals surface area contributed by atoms with E-state index in [0.717, 1.165) is 0 Å². The minimum absolute atomic E-state index is 0.519. The summed E-state index contributed by atoms with van der Waals surface area (Å²) >= 11 is 0. The second kappa shape index (κ2) is 4.65. The lowest BCUT2D eigenvalue weighted by molar-refractivity contribution is 0.284. The Kier molecular flexibility index (Phi) is 3.34. The zero-order valence-corrected chi connectivity index (χ0v) is 11.2. The van der Waals surface area contributed by atoms with Gasteiger partial charge in [-0.25, -0.2) is 4.21 Å². The van der Waals surface area contributed by atoms with Crippen molar-refractivity contribution in [3.8, 4) is 0 Å². The molecule has 0 heterocycles. The predicted octanol–water partition coefficient (Wildman–Crippen LogP) is 3.05. The highest BCUT2D eigenvalue weighted by Gasteiger charge is 2.40. The van der Waals surface area contributed by atoms with Crippen LogP contribution in [0.15, 0.2) is 70.5 Å². The van der Waals surface area contributed by atoms with Gasteiger partial charge in [-0.05, 0) is 24.3 Å². The van der Waals surface area contributed by atoms with Crippen LogP contribution in [-0.2, 0) is 18.0 Å². The van der Waals surface area contributed by atoms with Crippen LogP contribution in [0.3, 0.4) is 0 Å². The lowest BCUT2D eigenvalue weighted by atomic mass is 10.4. The average Bonchev–Trinajstić information content (AvgIpc) is 2.48. The molecule has 2 aromatic rings. The van der Waals surface area contributed by atoms with Gasteiger partial charge in [-0.2, -0.15) is 0 Å². The van der Waals surface area contributed by atoms with Crippen molar-refractivity contribution in [2.45, 2.75) is 9.79 Å². The van der Waals surface area contributed by atoms with Gasteiger partial charge in [0.05, 0.1) is 24.0 Å². The first kappa shape index (κ1) is 13.0. The van der Waals surface area contributed by atoms with E-state index in [0.29, 0.717) is 9.79 Å². The minimum atomic E-state index is -3.95. The molecule has 96 valence electrons. The van der Waals surface area contributed by atoms with Gasteiger partial charge < -0.3 is 0 Å². The van der Waals surface area contributed by atoms with Crippen molar-refractivity contribution in [1.29, 1.82) is 0 Å². The Morgan fingerprint density at radius 3 is 1.33 bits per heavy atom. The lowest BCUT2D eigenvalue weighted by Crippen LogP contribution is -2.36. The maximum atomic E-state index is 13.5. The van der Waals surface area contributed by atoms with Crippen LogP contribution in [0.1, 0.15) is 0 Å². The van der Waals surface area contributed by atoms with E-state index in [1.807, 2.05) is 36.4 Å². The topological polar surface area (TPSA) is 35.5 Å². The van der Waals surface area contributed by atoms with Crippen LogP contribution in [0.25, 0.3) is 0 Å². The predicted molar refractivity (Wildman–Crippen MR) is 71.6 cm³/mol. The monoisotopic (exact) mass is 264 g/mol. The Bertz CT molecular complexity index is 525. The number of rotatable bonds is 4. The van der Waals surface area contributed by atoms with Gasteiger partial charge >= 0.3 is 0 Å². The first-order chi connectivity index (χ1) is 8.64. The highest BCUT2D eigenvalue weighted by Crippen LogP contribution is 2.44. The van der Waals surface area contributed by atoms with Gasteiger partial charge in [0, 0.05) is 0 Å². The molecule has 0 N–H and O–H groups in total. The molecule has 2 aromatic carbocycles. The molecule has 0 saturated carbocycles. The minimum Gasteiger partial charge on any atom is -0.289 e. The molecule has 0 spiro atoms. The van der Waals surface area contributed by atoms with E-state index in [4.69, 9.17) is 8.37 Å². The third-order valence-electron chi connectivity index (χ3n) is 2.90. The highest BCUT2D eigenvalue weighted by atomic mass is 32.3. The molecule has 0 saturated heterocycles. The molecular formula is C14H16O3S. The third-order valence-corrected chi connectivity index (χ3v) is 6.29. The number of benzene rings is 2. The van der Waals surface area contributed by atoms with Crippen LogP contribution < -0.4 is 0 Å². The van der Waals surface area contributed by atoms with Crippen LogP contribution in [0.5, 0.6) is 0 Å². The molecule has 0 aliphatic rings. The summed E-state index contributed by atoms with van der Waals surface area (Å²) in [6, 6.07) is 17.9. The fourth-order valence-corrected chi connectivity index (χ4v) is 4.33. The molecule has 2 rings (SSSR count). The van der Waals surface area contributed by atoms with Gasteiger partial charge in [0.1, 0.15) is 9.63 Å². The van der Waals surface area contributed by atoms with Crippen molar-refractivity contribution in [2.75, 3.05) is 14.2 Å². The fraction of sp³-hybridized carbons (Fsp3) is 0.143. The Morgan fingerprint density at radius 1 is 0.722 bits per heavy atom. The maximum absolute atomic E-state index is 13.5. The molecular weight excluding hydrogens is 248 g/mol. The fourth-order valence-electron chi connectivity index (χ4n) is 1.90. The highest BCUT2D eigenvalue weighted by molar-refractivity contribution is 8.11. The van der Waals surface area contributed by atoms with E-state index in [-0.39, 0.29) is 0 Å². The second-order valence-electron chi connectivity index (χ2n) is 3.77. The molecule has 0 fully saturated rings. The average molecular weight is 264 g/mol. The molecule has 4 heteroatoms. The van der Waals surface area contributed by atoms with Gasteiger partial charge in [0.2, 0.25) is 0 Å². The number of hydrogen-bond acceptors (Lipinski definition) is 3. The molecule has 0 aliphatic heterocycles. The zero-order chi connectivity index (χ0) is 13.1. The smallest absolute Gasteiger partial charge is 0.139 e. The summed E-state index contributed by atoms with van der Waals surface area (Å²) in [7, 11) is -1.14. The van der Waals surface area contributed by atoms with Crippen molar-refractivity contribution in [2.24, 2.45) is 0 Å². The first-order valence-electron chi connectivity index (χ1n) is 5.55. The van der Waals surface area contributed by atoms with E-state index in [2.05, 4.69) is 0 Å². The maximum Gasteiger partial charge on any atom is 0.139 e. The van der Waals surface area contributed by atoms with Crippen molar-refractivity contribution in [1.82, 2.24) is 0 Å². The summed E-state index contributed by atoms with van der Waals surface area (Å²) in [6.07, 6.45) is 0. The van der Waals surface area contributed by atoms with E-state index >= 15 is 0 Å². The SMILES string of the molecule is COS(=O)(OC)(c1ccccc1)c1ccccc1. The third kappa shape index (κ3) is 1.79. The molecule has 0 amide bonds. The first-order valence-corrected chi connectivity index (χ1v) is 7.36. The van der Waals surface area contributed by atoms with E-state index in [1.165, 1.54) is 14.2 Å². The number of hydrogen-bond donors (Lipinski definition) is 0. The largest absolute Gasteiger partial charge is 0.289 e. The molecule has 18 heavy (non-hydrogen) atoms. The van der Waals surface area contributed by atoms with Gasteiger partial charge in [0.15, 0.2) is 0 Å². The van der Waals surface area contributed by atoms with Crippen LogP contribution in [0.4, 0.5) is 0 Å². The Balaban J connectivity index is 2.75. The van der Waals surface area contributed by atoms with Crippen molar-refractivity contribution < 1.29 is 12.6 Å². The molecule has 0 atom stereocenters. The standard InChI is InChI=1S/C14H16O3S/c1-16-18(15,17-2,13-9-5-3-6-10-13)14-11-7-4-8-12-14/h3-12H,1-2H3. The van der Waals surface area contributed by atoms with Crippen LogP contribution in [0.2, 0.25) is 0 Å². The summed E-state index contributed by atoms with van der Waals surface area (Å²) in [6.45, 7) is 0. The van der Waals surface area contributed by atoms with Crippen molar-refractivity contribution in [3.63, 3.8) is 0 Å². The van der Waals surface area contributed by atoms with Gasteiger partial charge in [0.25, 0.3) is 0 Å². The van der Waals surface area contributed by atoms with E-state index in [1.54, 1.807) is 24.3 Å². The lowest BCUT2D eigenvalue weighted by Gasteiger charge is -2.39. The normalized spacial score (nSPS) is 13.8. The molecule has 0 bridgehead atoms. The van der Waals surface area contributed by atoms with Crippen molar-refractivity contribution in [3.05, 3.63) is 60.7 Å². The summed E-state index contributed by atoms with van der Waals surface area (Å²) in [5, 5.41) is 0. The molecule has 0 aromatic heterocycles. The Hall–Kier alpha value is -1.49. The summed E-state index contributed by atoms with van der Waals surface area (Å²) in [4.78, 5) is 1.04. The Morgan fingerprint density at radius 2 is 1.06 bits per heavy atom. The Labute approximate surface area is 107 Å². The van der Waals surface area contributed by atoms with Crippen LogP contribution in [-0.4, -0.2) is 18.4 Å². The van der Waals surface area contributed by atoms with E-state index in [9.17, 15) is 4.21 Å². The van der Waals surface area contributed by atoms with Gasteiger partial charge in [-0.15, -0.1) is 0 Å². The van der Waals surface area contributed by atoms with Crippen molar-refractivity contribution >= 4 is 9.63 Å².